The molecule has 0 aliphatic carbocycles. The average Bonchev–Trinajstić information content (AvgIpc) is 3.16. The van der Waals surface area contributed by atoms with Crippen LogP contribution in [-0.2, 0) is 11.2 Å². The van der Waals surface area contributed by atoms with Gasteiger partial charge in [0.2, 0.25) is 5.91 Å². The van der Waals surface area contributed by atoms with Gasteiger partial charge >= 0.3 is 0 Å². The molecule has 1 aliphatic rings. The van der Waals surface area contributed by atoms with Crippen LogP contribution in [0.4, 0.5) is 8.78 Å². The number of H-pyrrole nitrogens is 1. The van der Waals surface area contributed by atoms with Crippen molar-refractivity contribution in [2.75, 3.05) is 13.7 Å². The van der Waals surface area contributed by atoms with Gasteiger partial charge in [-0.15, -0.1) is 0 Å². The third kappa shape index (κ3) is 5.14. The zero-order valence-corrected chi connectivity index (χ0v) is 17.1. The number of nitrogens with one attached hydrogen (secondary N) is 1. The van der Waals surface area contributed by atoms with Gasteiger partial charge in [-0.1, -0.05) is 12.1 Å². The summed E-state index contributed by atoms with van der Waals surface area (Å²) < 4.78 is 30.1. The third-order valence-electron chi connectivity index (χ3n) is 5.06. The Kier molecular flexibility index (Phi) is 6.89. The number of nitrogens with zero attached hydrogens (tertiary/aromatic N) is 2. The Morgan fingerprint density at radius 1 is 1.38 bits per heavy atom. The number of benzene rings is 1. The normalized spacial score (nSPS) is 16.4. The highest BCUT2D eigenvalue weighted by Crippen LogP contribution is 2.33. The molecular formula is C20H23F2N3O3S. The predicted octanol–water partition coefficient (Wildman–Crippen LogP) is 3.70. The Bertz CT molecular complexity index is 918. The summed E-state index contributed by atoms with van der Waals surface area (Å²) in [5.41, 5.74) is 1.32. The van der Waals surface area contributed by atoms with E-state index in [0.717, 1.165) is 24.2 Å². The van der Waals surface area contributed by atoms with Gasteiger partial charge in [-0.2, -0.15) is 8.78 Å². The number of hydrogen-bond donors (Lipinski definition) is 1. The molecule has 3 rings (SSSR count). The second kappa shape index (κ2) is 9.39. The molecule has 1 aromatic carbocycles. The molecule has 9 heteroatoms. The van der Waals surface area contributed by atoms with E-state index in [4.69, 9.17) is 4.74 Å². The maximum atomic E-state index is 12.8. The summed E-state index contributed by atoms with van der Waals surface area (Å²) in [7, 11) is 1.61. The van der Waals surface area contributed by atoms with Crippen LogP contribution in [0.5, 0.6) is 5.75 Å². The highest BCUT2D eigenvalue weighted by atomic mass is 32.2. The number of halogens is 2. The Labute approximate surface area is 171 Å². The molecular weight excluding hydrogens is 400 g/mol. The van der Waals surface area contributed by atoms with Crippen LogP contribution in [0.25, 0.3) is 0 Å². The first-order valence-electron chi connectivity index (χ1n) is 9.37. The third-order valence-corrected chi connectivity index (χ3v) is 5.66. The topological polar surface area (TPSA) is 75.3 Å². The fraction of sp³-hybridized carbons (Fsp3) is 0.450. The number of thioether (sulfide) groups is 1. The van der Waals surface area contributed by atoms with Crippen LogP contribution in [0.2, 0.25) is 0 Å². The molecule has 29 heavy (non-hydrogen) atoms. The summed E-state index contributed by atoms with van der Waals surface area (Å²) in [5, 5.41) is -0.114. The first-order chi connectivity index (χ1) is 13.9. The van der Waals surface area contributed by atoms with Crippen molar-refractivity contribution in [3.63, 3.8) is 0 Å². The highest BCUT2D eigenvalue weighted by Gasteiger charge is 2.29. The van der Waals surface area contributed by atoms with Gasteiger partial charge in [-0.05, 0) is 55.6 Å². The minimum atomic E-state index is -2.66. The summed E-state index contributed by atoms with van der Waals surface area (Å²) >= 11 is 0.197. The molecule has 0 spiro atoms. The van der Waals surface area contributed by atoms with E-state index in [1.54, 1.807) is 14.0 Å². The zero-order valence-electron chi connectivity index (χ0n) is 16.3. The van der Waals surface area contributed by atoms with Crippen molar-refractivity contribution in [2.45, 2.75) is 49.6 Å². The second-order valence-corrected chi connectivity index (χ2v) is 7.81. The summed E-state index contributed by atoms with van der Waals surface area (Å²) in [6.07, 6.45) is 2.19. The van der Waals surface area contributed by atoms with Gasteiger partial charge < -0.3 is 14.6 Å². The SMILES string of the molecule is COc1ccc(C2CCCN2C(=O)CCc2c(C)nc(SC(F)F)[nH]c2=O)cc1. The van der Waals surface area contributed by atoms with Crippen LogP contribution >= 0.6 is 11.8 Å². The standard InChI is InChI=1S/C20H23F2N3O3S/c1-12-15(18(27)24-20(23-12)29-19(21)22)9-10-17(26)25-11-3-4-16(25)13-5-7-14(28-2)8-6-13/h5-8,16,19H,3-4,9-11H2,1-2H3,(H,23,24,27). The van der Waals surface area contributed by atoms with Gasteiger partial charge in [-0.25, -0.2) is 4.98 Å². The van der Waals surface area contributed by atoms with Crippen LogP contribution in [0.1, 0.15) is 42.1 Å². The fourth-order valence-electron chi connectivity index (χ4n) is 3.63. The summed E-state index contributed by atoms with van der Waals surface area (Å²) in [6, 6.07) is 7.70. The number of alkyl halides is 2. The zero-order chi connectivity index (χ0) is 21.0. The van der Waals surface area contributed by atoms with Gasteiger partial charge in [0.05, 0.1) is 13.2 Å². The molecule has 156 valence electrons. The second-order valence-electron chi connectivity index (χ2n) is 6.83. The van der Waals surface area contributed by atoms with Gasteiger partial charge in [0.15, 0.2) is 5.16 Å². The van der Waals surface area contributed by atoms with Gasteiger partial charge in [0.1, 0.15) is 5.75 Å². The van der Waals surface area contributed by atoms with E-state index < -0.39 is 11.3 Å². The van der Waals surface area contributed by atoms with Crippen molar-refractivity contribution in [1.29, 1.82) is 0 Å². The minimum Gasteiger partial charge on any atom is -0.497 e. The van der Waals surface area contributed by atoms with Crippen LogP contribution in [-0.4, -0.2) is 40.2 Å². The first kappa shape index (κ1) is 21.3. The van der Waals surface area contributed by atoms with Crippen molar-refractivity contribution in [3.8, 4) is 5.75 Å². The Hall–Kier alpha value is -2.42. The number of aryl methyl sites for hydroxylation is 1. The maximum absolute atomic E-state index is 12.8. The number of hydrogen-bond acceptors (Lipinski definition) is 5. The van der Waals surface area contributed by atoms with E-state index in [0.29, 0.717) is 17.8 Å². The Morgan fingerprint density at radius 3 is 2.72 bits per heavy atom. The van der Waals surface area contributed by atoms with Gasteiger partial charge in [0, 0.05) is 24.2 Å². The molecule has 0 bridgehead atoms. The van der Waals surface area contributed by atoms with E-state index in [1.165, 1.54) is 0 Å². The summed E-state index contributed by atoms with van der Waals surface area (Å²) in [4.78, 5) is 33.3. The monoisotopic (exact) mass is 423 g/mol. The van der Waals surface area contributed by atoms with Crippen LogP contribution in [0.15, 0.2) is 34.2 Å². The number of aromatic amines is 1. The van der Waals surface area contributed by atoms with Crippen molar-refractivity contribution in [3.05, 3.63) is 51.4 Å². The number of ether oxygens (including phenoxy) is 1. The smallest absolute Gasteiger partial charge is 0.291 e. The molecule has 1 aromatic heterocycles. The minimum absolute atomic E-state index is 0.00994. The lowest BCUT2D eigenvalue weighted by atomic mass is 10.0. The lowest BCUT2D eigenvalue weighted by Gasteiger charge is -2.25. The predicted molar refractivity (Wildman–Crippen MR) is 106 cm³/mol. The van der Waals surface area contributed by atoms with E-state index in [-0.39, 0.29) is 41.7 Å². The number of methoxy groups -OCH3 is 1. The largest absolute Gasteiger partial charge is 0.497 e. The fourth-order valence-corrected chi connectivity index (χ4v) is 4.14. The van der Waals surface area contributed by atoms with Crippen LogP contribution in [0.3, 0.4) is 0 Å². The van der Waals surface area contributed by atoms with E-state index in [9.17, 15) is 18.4 Å². The molecule has 6 nitrogen and oxygen atoms in total. The number of amides is 1. The van der Waals surface area contributed by atoms with Crippen molar-refractivity contribution >= 4 is 17.7 Å². The number of carbonyl (C=O) groups excluding carboxylic acids is 1. The number of aromatic nitrogens is 2. The van der Waals surface area contributed by atoms with E-state index in [2.05, 4.69) is 9.97 Å². The Balaban J connectivity index is 1.67. The molecule has 0 saturated carbocycles. The van der Waals surface area contributed by atoms with Crippen molar-refractivity contribution in [2.24, 2.45) is 0 Å². The van der Waals surface area contributed by atoms with Gasteiger partial charge in [0.25, 0.3) is 11.3 Å². The van der Waals surface area contributed by atoms with Crippen molar-refractivity contribution < 1.29 is 18.3 Å². The highest BCUT2D eigenvalue weighted by molar-refractivity contribution is 7.99. The van der Waals surface area contributed by atoms with Crippen LogP contribution in [0, 0.1) is 6.92 Å². The van der Waals surface area contributed by atoms with Crippen molar-refractivity contribution in [1.82, 2.24) is 14.9 Å². The van der Waals surface area contributed by atoms with Gasteiger partial charge in [-0.3, -0.25) is 9.59 Å². The molecule has 2 aromatic rings. The molecule has 1 saturated heterocycles. The van der Waals surface area contributed by atoms with E-state index in [1.807, 2.05) is 29.2 Å². The molecule has 2 heterocycles. The number of rotatable bonds is 7. The molecule has 1 atom stereocenters. The summed E-state index contributed by atoms with van der Waals surface area (Å²) in [6.45, 7) is 2.27. The molecule has 1 unspecified atom stereocenters. The molecule has 1 aliphatic heterocycles. The molecule has 1 fully saturated rings. The van der Waals surface area contributed by atoms with Crippen LogP contribution < -0.4 is 10.3 Å². The Morgan fingerprint density at radius 2 is 2.10 bits per heavy atom. The quantitative estimate of drug-likeness (QED) is 0.543. The lowest BCUT2D eigenvalue weighted by molar-refractivity contribution is -0.132. The maximum Gasteiger partial charge on any atom is 0.291 e. The molecule has 0 radical (unpaired) electrons. The average molecular weight is 423 g/mol. The molecule has 1 amide bonds. The van der Waals surface area contributed by atoms with E-state index >= 15 is 0 Å². The summed E-state index contributed by atoms with van der Waals surface area (Å²) in [5.74, 6) is -1.93. The molecule has 1 N–H and O–H groups in total. The number of likely N-dealkylation sites (tertiary alicyclic amines) is 1. The first-order valence-corrected chi connectivity index (χ1v) is 10.2. The lowest BCUT2D eigenvalue weighted by Crippen LogP contribution is -2.31. The number of carbonyl (C=O) groups is 1.